The zero-order chi connectivity index (χ0) is 17.7. The number of amides is 1. The largest absolute Gasteiger partial charge is 0.454 e. The van der Waals surface area contributed by atoms with Crippen LogP contribution in [-0.2, 0) is 4.79 Å². The quantitative estimate of drug-likeness (QED) is 0.674. The Morgan fingerprint density at radius 2 is 1.96 bits per heavy atom. The summed E-state index contributed by atoms with van der Waals surface area (Å²) in [6, 6.07) is 12.8. The maximum Gasteiger partial charge on any atom is 0.256 e. The highest BCUT2D eigenvalue weighted by Gasteiger charge is 2.24. The molecule has 0 unspecified atom stereocenters. The number of hydrogen-bond donors (Lipinski definition) is 2. The van der Waals surface area contributed by atoms with Gasteiger partial charge < -0.3 is 14.8 Å². The number of hydrogen-bond acceptors (Lipinski definition) is 4. The molecule has 2 aromatic carbocycles. The van der Waals surface area contributed by atoms with E-state index in [1.165, 1.54) is 0 Å². The molecule has 6 nitrogen and oxygen atoms in total. The highest BCUT2D eigenvalue weighted by Crippen LogP contribution is 2.37. The minimum Gasteiger partial charge on any atom is -0.454 e. The number of nitrogens with one attached hydrogen (secondary N) is 2. The Kier molecular flexibility index (Phi) is 3.26. The van der Waals surface area contributed by atoms with Crippen LogP contribution >= 0.6 is 11.6 Å². The monoisotopic (exact) mass is 365 g/mol. The van der Waals surface area contributed by atoms with Gasteiger partial charge in [-0.15, -0.1) is 0 Å². The van der Waals surface area contributed by atoms with E-state index in [0.29, 0.717) is 16.3 Å². The summed E-state index contributed by atoms with van der Waals surface area (Å²) in [6.45, 7) is 0.230. The molecule has 0 bridgehead atoms. The molecular formula is C19H12ClN3O3. The minimum atomic E-state index is -0.165. The number of carbonyl (C=O) groups is 1. The zero-order valence-electron chi connectivity index (χ0n) is 13.4. The molecule has 3 aromatic rings. The molecule has 128 valence electrons. The highest BCUT2D eigenvalue weighted by molar-refractivity contribution is 6.36. The molecule has 0 spiro atoms. The van der Waals surface area contributed by atoms with Gasteiger partial charge in [0.05, 0.1) is 17.0 Å². The molecule has 26 heavy (non-hydrogen) atoms. The van der Waals surface area contributed by atoms with E-state index in [0.717, 1.165) is 34.0 Å². The number of fused-ring (bicyclic) bond motifs is 2. The predicted molar refractivity (Wildman–Crippen MR) is 98.1 cm³/mol. The van der Waals surface area contributed by atoms with Gasteiger partial charge in [-0.3, -0.25) is 9.89 Å². The molecule has 7 heteroatoms. The van der Waals surface area contributed by atoms with Crippen LogP contribution in [0.1, 0.15) is 11.3 Å². The summed E-state index contributed by atoms with van der Waals surface area (Å²) in [4.78, 5) is 12.3. The van der Waals surface area contributed by atoms with Crippen LogP contribution in [0.4, 0.5) is 5.69 Å². The highest BCUT2D eigenvalue weighted by atomic mass is 35.5. The standard InChI is InChI=1S/C19H12ClN3O3/c20-11-2-3-15-13(6-11)14(19(24)21-15)7-12-8-16(23-22-12)10-1-4-17-18(5-10)26-9-25-17/h1-8H,9H2,(H,21,24)(H,22,23)/b14-7-. The van der Waals surface area contributed by atoms with Crippen LogP contribution in [0.15, 0.2) is 42.5 Å². The van der Waals surface area contributed by atoms with Gasteiger partial charge in [0.1, 0.15) is 0 Å². The van der Waals surface area contributed by atoms with E-state index >= 15 is 0 Å². The molecule has 1 aromatic heterocycles. The fraction of sp³-hybridized carbons (Fsp3) is 0.0526. The molecule has 3 heterocycles. The number of aromatic nitrogens is 2. The average Bonchev–Trinajstić information content (AvgIpc) is 3.35. The second-order valence-electron chi connectivity index (χ2n) is 5.98. The fourth-order valence-electron chi connectivity index (χ4n) is 3.07. The lowest BCUT2D eigenvalue weighted by molar-refractivity contribution is -0.110. The SMILES string of the molecule is O=C1Nc2ccc(Cl)cc2/C1=C/c1cc(-c2ccc3c(c2)OCO3)n[nH]1. The summed E-state index contributed by atoms with van der Waals surface area (Å²) in [5.41, 5.74) is 4.44. The van der Waals surface area contributed by atoms with Crippen LogP contribution in [0.5, 0.6) is 11.5 Å². The summed E-state index contributed by atoms with van der Waals surface area (Å²) in [7, 11) is 0. The summed E-state index contributed by atoms with van der Waals surface area (Å²) in [6.07, 6.45) is 1.76. The van der Waals surface area contributed by atoms with E-state index in [1.54, 1.807) is 24.3 Å². The van der Waals surface area contributed by atoms with Gasteiger partial charge in [0.2, 0.25) is 6.79 Å². The van der Waals surface area contributed by atoms with Gasteiger partial charge in [0, 0.05) is 21.8 Å². The fourth-order valence-corrected chi connectivity index (χ4v) is 3.25. The van der Waals surface area contributed by atoms with Crippen LogP contribution in [0.2, 0.25) is 5.02 Å². The summed E-state index contributed by atoms with van der Waals surface area (Å²) in [5, 5.41) is 10.7. The van der Waals surface area contributed by atoms with Gasteiger partial charge >= 0.3 is 0 Å². The molecule has 1 amide bonds. The summed E-state index contributed by atoms with van der Waals surface area (Å²) >= 11 is 6.06. The molecule has 2 N–H and O–H groups in total. The molecule has 0 radical (unpaired) electrons. The van der Waals surface area contributed by atoms with Crippen molar-refractivity contribution in [3.8, 4) is 22.8 Å². The molecule has 0 aliphatic carbocycles. The Hall–Kier alpha value is -3.25. The molecule has 0 saturated carbocycles. The second-order valence-corrected chi connectivity index (χ2v) is 6.42. The van der Waals surface area contributed by atoms with Crippen molar-refractivity contribution in [3.63, 3.8) is 0 Å². The van der Waals surface area contributed by atoms with Crippen LogP contribution in [-0.4, -0.2) is 22.9 Å². The van der Waals surface area contributed by atoms with Crippen molar-refractivity contribution in [2.24, 2.45) is 0 Å². The lowest BCUT2D eigenvalue weighted by Crippen LogP contribution is -2.03. The van der Waals surface area contributed by atoms with E-state index in [-0.39, 0.29) is 12.7 Å². The topological polar surface area (TPSA) is 76.2 Å². The minimum absolute atomic E-state index is 0.165. The zero-order valence-corrected chi connectivity index (χ0v) is 14.1. The van der Waals surface area contributed by atoms with Gasteiger partial charge in [-0.2, -0.15) is 5.10 Å². The Morgan fingerprint density at radius 1 is 1.08 bits per heavy atom. The third-order valence-corrected chi connectivity index (χ3v) is 4.57. The van der Waals surface area contributed by atoms with Crippen LogP contribution in [0, 0.1) is 0 Å². The summed E-state index contributed by atoms with van der Waals surface area (Å²) in [5.74, 6) is 1.26. The first-order chi connectivity index (χ1) is 12.7. The summed E-state index contributed by atoms with van der Waals surface area (Å²) < 4.78 is 10.7. The van der Waals surface area contributed by atoms with Crippen molar-refractivity contribution in [2.45, 2.75) is 0 Å². The molecule has 5 rings (SSSR count). The number of rotatable bonds is 2. The van der Waals surface area contributed by atoms with Crippen molar-refractivity contribution in [2.75, 3.05) is 12.1 Å². The van der Waals surface area contributed by atoms with E-state index in [9.17, 15) is 4.79 Å². The van der Waals surface area contributed by atoms with Crippen molar-refractivity contribution >= 4 is 34.8 Å². The Bertz CT molecular complexity index is 1090. The van der Waals surface area contributed by atoms with Crippen molar-refractivity contribution in [1.29, 1.82) is 0 Å². The van der Waals surface area contributed by atoms with Gasteiger partial charge in [-0.1, -0.05) is 11.6 Å². The predicted octanol–water partition coefficient (Wildman–Crippen LogP) is 3.95. The first-order valence-electron chi connectivity index (χ1n) is 7.96. The maximum absolute atomic E-state index is 12.3. The molecule has 0 atom stereocenters. The number of halogens is 1. The molecule has 0 fully saturated rings. The maximum atomic E-state index is 12.3. The van der Waals surface area contributed by atoms with Gasteiger partial charge in [0.25, 0.3) is 5.91 Å². The van der Waals surface area contributed by atoms with Gasteiger partial charge in [-0.05, 0) is 48.5 Å². The number of aromatic amines is 1. The van der Waals surface area contributed by atoms with Crippen molar-refractivity contribution in [3.05, 3.63) is 58.7 Å². The van der Waals surface area contributed by atoms with Gasteiger partial charge in [0.15, 0.2) is 11.5 Å². The number of carbonyl (C=O) groups excluding carboxylic acids is 1. The Labute approximate surface area is 153 Å². The third-order valence-electron chi connectivity index (χ3n) is 4.33. The van der Waals surface area contributed by atoms with E-state index in [2.05, 4.69) is 15.5 Å². The van der Waals surface area contributed by atoms with Crippen molar-refractivity contribution in [1.82, 2.24) is 10.2 Å². The van der Waals surface area contributed by atoms with E-state index < -0.39 is 0 Å². The molecular weight excluding hydrogens is 354 g/mol. The lowest BCUT2D eigenvalue weighted by atomic mass is 10.1. The number of ether oxygens (including phenoxy) is 2. The third kappa shape index (κ3) is 2.43. The van der Waals surface area contributed by atoms with Crippen LogP contribution in [0.25, 0.3) is 22.9 Å². The Balaban J connectivity index is 1.51. The molecule has 0 saturated heterocycles. The number of benzene rings is 2. The normalized spacial score (nSPS) is 16.0. The first kappa shape index (κ1) is 15.0. The lowest BCUT2D eigenvalue weighted by Gasteiger charge is -1.99. The number of anilines is 1. The van der Waals surface area contributed by atoms with Gasteiger partial charge in [-0.25, -0.2) is 0 Å². The second kappa shape index (κ2) is 5.64. The van der Waals surface area contributed by atoms with Crippen LogP contribution < -0.4 is 14.8 Å². The Morgan fingerprint density at radius 3 is 2.88 bits per heavy atom. The van der Waals surface area contributed by atoms with Crippen LogP contribution in [0.3, 0.4) is 0 Å². The van der Waals surface area contributed by atoms with Crippen molar-refractivity contribution < 1.29 is 14.3 Å². The smallest absolute Gasteiger partial charge is 0.256 e. The number of nitrogens with zero attached hydrogens (tertiary/aromatic N) is 1. The first-order valence-corrected chi connectivity index (χ1v) is 8.33. The van der Waals surface area contributed by atoms with E-state index in [4.69, 9.17) is 21.1 Å². The average molecular weight is 366 g/mol. The number of H-pyrrole nitrogens is 1. The molecule has 2 aliphatic rings. The molecule has 2 aliphatic heterocycles. The van der Waals surface area contributed by atoms with E-state index in [1.807, 2.05) is 24.3 Å².